The number of aromatic nitrogens is 2. The minimum absolute atomic E-state index is 0.101. The molecule has 1 saturated carbocycles. The van der Waals surface area contributed by atoms with Crippen LogP contribution in [0.25, 0.3) is 0 Å². The maximum absolute atomic E-state index is 11.8. The van der Waals surface area contributed by atoms with Gasteiger partial charge in [-0.25, -0.2) is 0 Å². The number of primary amides is 1. The molecular weight excluding hydrogens is 320 g/mol. The summed E-state index contributed by atoms with van der Waals surface area (Å²) in [5.74, 6) is -0.295. The lowest BCUT2D eigenvalue weighted by atomic mass is 9.92. The van der Waals surface area contributed by atoms with Gasteiger partial charge in [-0.05, 0) is 62.9 Å². The number of nitrogens with zero attached hydrogens (tertiary/aromatic N) is 2. The summed E-state index contributed by atoms with van der Waals surface area (Å²) in [4.78, 5) is 11.8. The normalized spacial score (nSPS) is 19.6. The van der Waals surface area contributed by atoms with E-state index in [-0.39, 0.29) is 11.9 Å². The van der Waals surface area contributed by atoms with Crippen LogP contribution in [0.1, 0.15) is 50.5 Å². The molecule has 0 radical (unpaired) electrons. The summed E-state index contributed by atoms with van der Waals surface area (Å²) in [5, 5.41) is 7.92. The summed E-state index contributed by atoms with van der Waals surface area (Å²) in [6.07, 6.45) is 2.89. The summed E-state index contributed by atoms with van der Waals surface area (Å²) in [6.45, 7) is 7.96. The van der Waals surface area contributed by atoms with Gasteiger partial charge in [-0.3, -0.25) is 9.48 Å². The number of amides is 1. The fourth-order valence-corrected chi connectivity index (χ4v) is 2.92. The van der Waals surface area contributed by atoms with Gasteiger partial charge in [-0.1, -0.05) is 0 Å². The Morgan fingerprint density at radius 3 is 2.60 bits per heavy atom. The quantitative estimate of drug-likeness (QED) is 0.832. The van der Waals surface area contributed by atoms with Gasteiger partial charge in [-0.15, -0.1) is 0 Å². The van der Waals surface area contributed by atoms with Crippen molar-refractivity contribution in [1.82, 2.24) is 15.1 Å². The van der Waals surface area contributed by atoms with Crippen LogP contribution in [0.5, 0.6) is 0 Å². The highest BCUT2D eigenvalue weighted by Crippen LogP contribution is 2.30. The van der Waals surface area contributed by atoms with Crippen molar-refractivity contribution in [2.24, 2.45) is 5.73 Å². The van der Waals surface area contributed by atoms with Crippen LogP contribution in [0.3, 0.4) is 0 Å². The molecule has 1 aliphatic carbocycles. The first kappa shape index (κ1) is 15.5. The van der Waals surface area contributed by atoms with Crippen molar-refractivity contribution >= 4 is 21.8 Å². The van der Waals surface area contributed by atoms with E-state index in [1.165, 1.54) is 0 Å². The lowest BCUT2D eigenvalue weighted by molar-refractivity contribution is -0.124. The Kier molecular flexibility index (Phi) is 4.25. The Labute approximate surface area is 128 Å². The highest BCUT2D eigenvalue weighted by atomic mass is 79.9. The van der Waals surface area contributed by atoms with Crippen molar-refractivity contribution in [3.8, 4) is 0 Å². The Balaban J connectivity index is 2.17. The zero-order valence-electron chi connectivity index (χ0n) is 12.5. The Morgan fingerprint density at radius 2 is 2.20 bits per heavy atom. The van der Waals surface area contributed by atoms with E-state index in [0.29, 0.717) is 12.5 Å². The highest BCUT2D eigenvalue weighted by molar-refractivity contribution is 9.10. The summed E-state index contributed by atoms with van der Waals surface area (Å²) in [7, 11) is 0. The molecule has 2 rings (SSSR count). The van der Waals surface area contributed by atoms with Gasteiger partial charge in [0, 0.05) is 6.04 Å². The van der Waals surface area contributed by atoms with Crippen molar-refractivity contribution in [3.63, 3.8) is 0 Å². The molecule has 0 spiro atoms. The molecule has 1 heterocycles. The zero-order chi connectivity index (χ0) is 15.1. The maximum atomic E-state index is 11.8. The van der Waals surface area contributed by atoms with Crippen molar-refractivity contribution in [2.75, 3.05) is 0 Å². The Morgan fingerprint density at radius 1 is 1.60 bits per heavy atom. The third-order valence-corrected chi connectivity index (χ3v) is 5.15. The van der Waals surface area contributed by atoms with Crippen LogP contribution in [0.4, 0.5) is 0 Å². The molecule has 0 saturated heterocycles. The second-order valence-corrected chi connectivity index (χ2v) is 6.89. The number of aryl methyl sites for hydroxylation is 1. The number of nitrogens with two attached hydrogens (primary N) is 1. The van der Waals surface area contributed by atoms with Crippen molar-refractivity contribution < 1.29 is 4.79 Å². The van der Waals surface area contributed by atoms with Gasteiger partial charge in [-0.2, -0.15) is 5.10 Å². The van der Waals surface area contributed by atoms with E-state index in [2.05, 4.69) is 33.3 Å². The third-order valence-electron chi connectivity index (χ3n) is 4.00. The van der Waals surface area contributed by atoms with E-state index in [9.17, 15) is 4.79 Å². The highest BCUT2D eigenvalue weighted by Gasteiger charge is 2.38. The summed E-state index contributed by atoms with van der Waals surface area (Å²) < 4.78 is 3.00. The number of hydrogen-bond acceptors (Lipinski definition) is 3. The van der Waals surface area contributed by atoms with Gasteiger partial charge in [0.05, 0.1) is 27.4 Å². The molecule has 2 atom stereocenters. The number of carbonyl (C=O) groups is 1. The van der Waals surface area contributed by atoms with Crippen molar-refractivity contribution in [3.05, 3.63) is 15.9 Å². The van der Waals surface area contributed by atoms with E-state index < -0.39 is 5.54 Å². The monoisotopic (exact) mass is 342 g/mol. The number of hydrogen-bond donors (Lipinski definition) is 2. The first-order valence-corrected chi connectivity index (χ1v) is 7.82. The van der Waals surface area contributed by atoms with Crippen LogP contribution < -0.4 is 11.1 Å². The van der Waals surface area contributed by atoms with Gasteiger partial charge in [0.25, 0.3) is 0 Å². The predicted molar refractivity (Wildman–Crippen MR) is 82.5 cm³/mol. The number of halogens is 1. The third kappa shape index (κ3) is 3.06. The smallest absolute Gasteiger partial charge is 0.237 e. The maximum Gasteiger partial charge on any atom is 0.237 e. The molecule has 1 fully saturated rings. The van der Waals surface area contributed by atoms with E-state index >= 15 is 0 Å². The molecular formula is C14H23BrN4O. The van der Waals surface area contributed by atoms with E-state index in [0.717, 1.165) is 28.7 Å². The first-order chi connectivity index (χ1) is 9.24. The van der Waals surface area contributed by atoms with Crippen LogP contribution in [0, 0.1) is 13.8 Å². The van der Waals surface area contributed by atoms with Crippen LogP contribution in [-0.4, -0.2) is 27.3 Å². The second kappa shape index (κ2) is 5.48. The number of nitrogens with one attached hydrogen (secondary N) is 1. The Bertz CT molecular complexity index is 523. The topological polar surface area (TPSA) is 72.9 Å². The molecule has 20 heavy (non-hydrogen) atoms. The van der Waals surface area contributed by atoms with Crippen molar-refractivity contribution in [1.29, 1.82) is 0 Å². The largest absolute Gasteiger partial charge is 0.368 e. The molecule has 2 unspecified atom stereocenters. The fourth-order valence-electron chi connectivity index (χ4n) is 2.66. The molecule has 6 heteroatoms. The lowest BCUT2D eigenvalue weighted by Gasteiger charge is -2.31. The molecule has 1 aliphatic rings. The first-order valence-electron chi connectivity index (χ1n) is 7.03. The SMILES string of the molecule is Cc1nn(C(C)CC(C)(NC2CC2)C(N)=O)c(C)c1Br. The van der Waals surface area contributed by atoms with Gasteiger partial charge in [0.15, 0.2) is 0 Å². The summed E-state index contributed by atoms with van der Waals surface area (Å²) in [6, 6.07) is 0.538. The number of carbonyl (C=O) groups excluding carboxylic acids is 1. The summed E-state index contributed by atoms with van der Waals surface area (Å²) in [5.41, 5.74) is 6.97. The molecule has 5 nitrogen and oxygen atoms in total. The van der Waals surface area contributed by atoms with Gasteiger partial charge in [0.2, 0.25) is 5.91 Å². The van der Waals surface area contributed by atoms with Crippen LogP contribution in [0.2, 0.25) is 0 Å². The van der Waals surface area contributed by atoms with Crippen LogP contribution in [-0.2, 0) is 4.79 Å². The average Bonchev–Trinajstić information content (AvgIpc) is 3.12. The lowest BCUT2D eigenvalue weighted by Crippen LogP contribution is -2.55. The molecule has 0 aromatic carbocycles. The molecule has 1 aromatic heterocycles. The van der Waals surface area contributed by atoms with E-state index in [1.54, 1.807) is 0 Å². The van der Waals surface area contributed by atoms with Crippen LogP contribution in [0.15, 0.2) is 4.47 Å². The standard InChI is InChI=1S/C14H23BrN4O/c1-8(19-10(3)12(15)9(2)18-19)7-14(4,13(16)20)17-11-5-6-11/h8,11,17H,5-7H2,1-4H3,(H2,16,20). The zero-order valence-corrected chi connectivity index (χ0v) is 14.1. The average molecular weight is 343 g/mol. The minimum Gasteiger partial charge on any atom is -0.368 e. The molecule has 0 bridgehead atoms. The van der Waals surface area contributed by atoms with Gasteiger partial charge in [0.1, 0.15) is 0 Å². The molecule has 1 amide bonds. The number of rotatable bonds is 6. The molecule has 3 N–H and O–H groups in total. The molecule has 0 aliphatic heterocycles. The Hall–Kier alpha value is -0.880. The second-order valence-electron chi connectivity index (χ2n) is 6.10. The van der Waals surface area contributed by atoms with E-state index in [4.69, 9.17) is 5.73 Å². The molecule has 112 valence electrons. The minimum atomic E-state index is -0.681. The van der Waals surface area contributed by atoms with E-state index in [1.807, 2.05) is 25.5 Å². The van der Waals surface area contributed by atoms with Crippen LogP contribution >= 0.6 is 15.9 Å². The predicted octanol–water partition coefficient (Wildman–Crippen LogP) is 2.21. The van der Waals surface area contributed by atoms with Gasteiger partial charge >= 0.3 is 0 Å². The van der Waals surface area contributed by atoms with Crippen molar-refractivity contribution in [2.45, 2.75) is 64.6 Å². The summed E-state index contributed by atoms with van der Waals surface area (Å²) >= 11 is 3.54. The fraction of sp³-hybridized carbons (Fsp3) is 0.714. The molecule has 1 aromatic rings. The van der Waals surface area contributed by atoms with Gasteiger partial charge < -0.3 is 11.1 Å².